The highest BCUT2D eigenvalue weighted by atomic mass is 32.2. The Morgan fingerprint density at radius 3 is 2.46 bits per heavy atom. The van der Waals surface area contributed by atoms with Gasteiger partial charge < -0.3 is 0 Å². The van der Waals surface area contributed by atoms with Gasteiger partial charge in [-0.05, 0) is 63.0 Å². The van der Waals surface area contributed by atoms with Gasteiger partial charge in [0.05, 0.1) is 0 Å². The van der Waals surface area contributed by atoms with Crippen LogP contribution in [-0.2, 0) is 10.0 Å². The maximum atomic E-state index is 12.6. The van der Waals surface area contributed by atoms with Crippen molar-refractivity contribution in [1.82, 2.24) is 9.62 Å². The van der Waals surface area contributed by atoms with Crippen LogP contribution in [0.5, 0.6) is 0 Å². The van der Waals surface area contributed by atoms with Gasteiger partial charge in [0.15, 0.2) is 0 Å². The molecule has 0 radical (unpaired) electrons. The molecule has 130 valence electrons. The summed E-state index contributed by atoms with van der Waals surface area (Å²) >= 11 is 1.31. The molecule has 4 nitrogen and oxygen atoms in total. The minimum absolute atomic E-state index is 0.0875. The van der Waals surface area contributed by atoms with E-state index in [-0.39, 0.29) is 6.04 Å². The van der Waals surface area contributed by atoms with Crippen molar-refractivity contribution >= 4 is 21.4 Å². The first-order chi connectivity index (χ1) is 11.5. The number of nitrogens with zero attached hydrogens (tertiary/aromatic N) is 1. The molecule has 1 saturated heterocycles. The van der Waals surface area contributed by atoms with Gasteiger partial charge in [-0.1, -0.05) is 24.3 Å². The average Bonchev–Trinajstić information content (AvgIpc) is 3.21. The van der Waals surface area contributed by atoms with E-state index in [4.69, 9.17) is 0 Å². The molecule has 1 aliphatic rings. The zero-order valence-electron chi connectivity index (χ0n) is 14.2. The van der Waals surface area contributed by atoms with Gasteiger partial charge in [0.1, 0.15) is 4.21 Å². The van der Waals surface area contributed by atoms with Gasteiger partial charge >= 0.3 is 0 Å². The van der Waals surface area contributed by atoms with E-state index < -0.39 is 10.0 Å². The van der Waals surface area contributed by atoms with E-state index in [1.54, 1.807) is 6.07 Å². The molecule has 24 heavy (non-hydrogen) atoms. The van der Waals surface area contributed by atoms with Crippen molar-refractivity contribution < 1.29 is 8.42 Å². The highest BCUT2D eigenvalue weighted by molar-refractivity contribution is 7.91. The summed E-state index contributed by atoms with van der Waals surface area (Å²) in [5.41, 5.74) is 2.42. The summed E-state index contributed by atoms with van der Waals surface area (Å²) in [6.45, 7) is 6.47. The van der Waals surface area contributed by atoms with E-state index in [1.165, 1.54) is 35.3 Å². The van der Waals surface area contributed by atoms with E-state index in [0.717, 1.165) is 18.0 Å². The fourth-order valence-corrected chi connectivity index (χ4v) is 5.63. The van der Waals surface area contributed by atoms with Gasteiger partial charge in [0, 0.05) is 17.5 Å². The van der Waals surface area contributed by atoms with Crippen LogP contribution in [0.3, 0.4) is 0 Å². The number of aryl methyl sites for hydroxylation is 2. The third-order valence-corrected chi connectivity index (χ3v) is 7.49. The Bertz CT molecular complexity index is 793. The summed E-state index contributed by atoms with van der Waals surface area (Å²) < 4.78 is 28.3. The number of nitrogens with one attached hydrogen (secondary N) is 1. The molecule has 0 spiro atoms. The van der Waals surface area contributed by atoms with Crippen LogP contribution in [0.2, 0.25) is 0 Å². The smallest absolute Gasteiger partial charge is 0.250 e. The van der Waals surface area contributed by atoms with Crippen LogP contribution in [0.4, 0.5) is 0 Å². The van der Waals surface area contributed by atoms with Crippen molar-refractivity contribution in [3.8, 4) is 0 Å². The first kappa shape index (κ1) is 17.6. The monoisotopic (exact) mass is 364 g/mol. The van der Waals surface area contributed by atoms with E-state index in [0.29, 0.717) is 10.8 Å². The Labute approximate surface area is 148 Å². The lowest BCUT2D eigenvalue weighted by Gasteiger charge is -2.29. The Hall–Kier alpha value is -1.21. The van der Waals surface area contributed by atoms with Crippen molar-refractivity contribution in [2.45, 2.75) is 36.9 Å². The predicted octanol–water partition coefficient (Wildman–Crippen LogP) is 3.48. The number of likely N-dealkylation sites (tertiary alicyclic amines) is 1. The van der Waals surface area contributed by atoms with Crippen molar-refractivity contribution in [3.05, 3.63) is 52.4 Å². The second-order valence-corrected chi connectivity index (χ2v) is 9.61. The van der Waals surface area contributed by atoms with Gasteiger partial charge in [-0.3, -0.25) is 4.90 Å². The quantitative estimate of drug-likeness (QED) is 0.854. The van der Waals surface area contributed by atoms with E-state index >= 15 is 0 Å². The van der Waals surface area contributed by atoms with E-state index in [2.05, 4.69) is 28.7 Å². The summed E-state index contributed by atoms with van der Waals surface area (Å²) in [5, 5.41) is 0. The number of thiophene rings is 1. The molecule has 1 aromatic carbocycles. The summed E-state index contributed by atoms with van der Waals surface area (Å²) in [5.74, 6) is 0. The summed E-state index contributed by atoms with van der Waals surface area (Å²) in [4.78, 5) is 3.40. The molecule has 1 unspecified atom stereocenters. The molecule has 1 aromatic heterocycles. The number of hydrogen-bond acceptors (Lipinski definition) is 4. The van der Waals surface area contributed by atoms with Crippen LogP contribution in [0, 0.1) is 13.8 Å². The molecule has 0 bridgehead atoms. The minimum Gasteiger partial charge on any atom is -0.295 e. The zero-order chi connectivity index (χ0) is 17.2. The summed E-state index contributed by atoms with van der Waals surface area (Å²) in [6, 6.07) is 11.9. The first-order valence-corrected chi connectivity index (χ1v) is 10.6. The largest absolute Gasteiger partial charge is 0.295 e. The van der Waals surface area contributed by atoms with E-state index in [1.807, 2.05) is 25.1 Å². The number of hydrogen-bond donors (Lipinski definition) is 1. The van der Waals surface area contributed by atoms with Gasteiger partial charge in [-0.15, -0.1) is 11.3 Å². The van der Waals surface area contributed by atoms with E-state index in [9.17, 15) is 8.42 Å². The van der Waals surface area contributed by atoms with Crippen LogP contribution in [-0.4, -0.2) is 33.0 Å². The molecule has 1 N–H and O–H groups in total. The number of rotatable bonds is 6. The molecule has 1 aliphatic heterocycles. The highest BCUT2D eigenvalue weighted by Crippen LogP contribution is 2.28. The van der Waals surface area contributed by atoms with Gasteiger partial charge in [0.2, 0.25) is 10.0 Å². The van der Waals surface area contributed by atoms with Crippen molar-refractivity contribution in [2.75, 3.05) is 19.6 Å². The average molecular weight is 365 g/mol. The highest BCUT2D eigenvalue weighted by Gasteiger charge is 2.26. The normalized spacial score (nSPS) is 17.2. The molecule has 1 fully saturated rings. The second-order valence-electron chi connectivity index (χ2n) is 6.33. The molecule has 6 heteroatoms. The molecule has 3 rings (SSSR count). The maximum Gasteiger partial charge on any atom is 0.250 e. The van der Waals surface area contributed by atoms with Crippen LogP contribution in [0.25, 0.3) is 0 Å². The fraction of sp³-hybridized carbons (Fsp3) is 0.444. The maximum absolute atomic E-state index is 12.6. The Morgan fingerprint density at radius 2 is 1.83 bits per heavy atom. The second kappa shape index (κ2) is 7.35. The molecule has 0 amide bonds. The Morgan fingerprint density at radius 1 is 1.12 bits per heavy atom. The third kappa shape index (κ3) is 3.88. The van der Waals surface area contributed by atoms with Crippen LogP contribution < -0.4 is 4.72 Å². The molecule has 2 aromatic rings. The summed E-state index contributed by atoms with van der Waals surface area (Å²) in [6.07, 6.45) is 2.36. The van der Waals surface area contributed by atoms with Gasteiger partial charge in [-0.2, -0.15) is 0 Å². The molecule has 0 saturated carbocycles. The lowest BCUT2D eigenvalue weighted by molar-refractivity contribution is 0.246. The topological polar surface area (TPSA) is 49.4 Å². The molecule has 1 atom stereocenters. The standard InChI is InChI=1S/C18H24N2O2S2/c1-14-7-3-4-8-16(14)17(20-11-5-6-12-20)13-19-24(21,22)18-10-9-15(2)23-18/h3-4,7-10,17,19H,5-6,11-13H2,1-2H3. The van der Waals surface area contributed by atoms with Crippen LogP contribution >= 0.6 is 11.3 Å². The van der Waals surface area contributed by atoms with Crippen molar-refractivity contribution in [3.63, 3.8) is 0 Å². The lowest BCUT2D eigenvalue weighted by atomic mass is 10.0. The van der Waals surface area contributed by atoms with Crippen molar-refractivity contribution in [2.24, 2.45) is 0 Å². The fourth-order valence-electron chi connectivity index (χ4n) is 3.27. The van der Waals surface area contributed by atoms with Crippen molar-refractivity contribution in [1.29, 1.82) is 0 Å². The zero-order valence-corrected chi connectivity index (χ0v) is 15.8. The summed E-state index contributed by atoms with van der Waals surface area (Å²) in [7, 11) is -3.44. The third-order valence-electron chi connectivity index (χ3n) is 4.58. The van der Waals surface area contributed by atoms with Gasteiger partial charge in [-0.25, -0.2) is 13.1 Å². The SMILES string of the molecule is Cc1ccc(S(=O)(=O)NCC(c2ccccc2C)N2CCCC2)s1. The molecular formula is C18H24N2O2S2. The number of sulfonamides is 1. The van der Waals surface area contributed by atoms with Gasteiger partial charge in [0.25, 0.3) is 0 Å². The molecule has 2 heterocycles. The predicted molar refractivity (Wildman–Crippen MR) is 99.0 cm³/mol. The number of benzene rings is 1. The Balaban J connectivity index is 1.81. The minimum atomic E-state index is -3.44. The molecule has 0 aliphatic carbocycles. The lowest BCUT2D eigenvalue weighted by Crippen LogP contribution is -2.37. The molecular weight excluding hydrogens is 340 g/mol. The van der Waals surface area contributed by atoms with Crippen LogP contribution in [0.1, 0.15) is 34.9 Å². The first-order valence-electron chi connectivity index (χ1n) is 8.33. The Kier molecular flexibility index (Phi) is 5.39. The van der Waals surface area contributed by atoms with Crippen LogP contribution in [0.15, 0.2) is 40.6 Å².